The van der Waals surface area contributed by atoms with E-state index in [1.165, 1.54) is 6.92 Å². The predicted molar refractivity (Wildman–Crippen MR) is 105 cm³/mol. The minimum atomic E-state index is -0.143. The topological polar surface area (TPSA) is 84.0 Å². The molecule has 3 rings (SSSR count). The van der Waals surface area contributed by atoms with Crippen LogP contribution in [0.2, 0.25) is 0 Å². The van der Waals surface area contributed by atoms with E-state index in [2.05, 4.69) is 20.8 Å². The third-order valence-corrected chi connectivity index (χ3v) is 3.94. The van der Waals surface area contributed by atoms with Crippen LogP contribution in [0.5, 0.6) is 0 Å². The molecule has 0 aliphatic rings. The van der Waals surface area contributed by atoms with E-state index < -0.39 is 0 Å². The van der Waals surface area contributed by atoms with E-state index in [4.69, 9.17) is 0 Å². The fourth-order valence-electron chi connectivity index (χ4n) is 2.60. The van der Waals surface area contributed by atoms with Crippen molar-refractivity contribution < 1.29 is 9.59 Å². The number of anilines is 3. The first-order valence-corrected chi connectivity index (χ1v) is 8.57. The zero-order chi connectivity index (χ0) is 19.2. The Morgan fingerprint density at radius 3 is 2.26 bits per heavy atom. The van der Waals surface area contributed by atoms with Crippen molar-refractivity contribution in [3.63, 3.8) is 0 Å². The van der Waals surface area contributed by atoms with Crippen molar-refractivity contribution in [3.8, 4) is 0 Å². The van der Waals surface area contributed by atoms with Gasteiger partial charge in [-0.15, -0.1) is 10.2 Å². The highest BCUT2D eigenvalue weighted by atomic mass is 16.1. The van der Waals surface area contributed by atoms with E-state index >= 15 is 0 Å². The highest BCUT2D eigenvalue weighted by molar-refractivity contribution is 5.94. The number of benzene rings is 2. The number of aromatic nitrogens is 2. The van der Waals surface area contributed by atoms with Gasteiger partial charge in [0.15, 0.2) is 17.4 Å². The highest BCUT2D eigenvalue weighted by Gasteiger charge is 2.06. The largest absolute Gasteiger partial charge is 0.339 e. The van der Waals surface area contributed by atoms with Gasteiger partial charge in [0.1, 0.15) is 0 Å². The Kier molecular flexibility index (Phi) is 5.56. The first-order valence-electron chi connectivity index (χ1n) is 8.57. The summed E-state index contributed by atoms with van der Waals surface area (Å²) in [6, 6.07) is 18.3. The quantitative estimate of drug-likeness (QED) is 0.651. The van der Waals surface area contributed by atoms with Crippen molar-refractivity contribution in [1.29, 1.82) is 0 Å². The summed E-state index contributed by atoms with van der Waals surface area (Å²) >= 11 is 0. The fourth-order valence-corrected chi connectivity index (χ4v) is 2.60. The summed E-state index contributed by atoms with van der Waals surface area (Å²) in [6.07, 6.45) is 0.284. The van der Waals surface area contributed by atoms with Gasteiger partial charge in [-0.3, -0.25) is 9.59 Å². The first kappa shape index (κ1) is 18.3. The summed E-state index contributed by atoms with van der Waals surface area (Å²) in [5.41, 5.74) is 3.52. The van der Waals surface area contributed by atoms with Gasteiger partial charge in [0.05, 0.1) is 6.42 Å². The summed E-state index contributed by atoms with van der Waals surface area (Å²) in [5, 5.41) is 13.9. The van der Waals surface area contributed by atoms with E-state index in [0.29, 0.717) is 17.2 Å². The van der Waals surface area contributed by atoms with Crippen molar-refractivity contribution in [2.75, 3.05) is 10.6 Å². The van der Waals surface area contributed by atoms with Crippen molar-refractivity contribution in [2.24, 2.45) is 0 Å². The van der Waals surface area contributed by atoms with Gasteiger partial charge in [-0.05, 0) is 55.8 Å². The number of hydrogen-bond acceptors (Lipinski definition) is 5. The Hall–Kier alpha value is -3.54. The summed E-state index contributed by atoms with van der Waals surface area (Å²) in [5.74, 6) is 0.815. The number of amides is 1. The zero-order valence-corrected chi connectivity index (χ0v) is 15.2. The minimum absolute atomic E-state index is 0.0205. The average Bonchev–Trinajstić information content (AvgIpc) is 2.64. The van der Waals surface area contributed by atoms with Gasteiger partial charge in [0.25, 0.3) is 0 Å². The molecule has 136 valence electrons. The Morgan fingerprint density at radius 2 is 1.63 bits per heavy atom. The Bertz CT molecular complexity index is 951. The zero-order valence-electron chi connectivity index (χ0n) is 15.2. The van der Waals surface area contributed by atoms with Crippen LogP contribution in [0.15, 0.2) is 60.7 Å². The van der Waals surface area contributed by atoms with Crippen LogP contribution in [-0.4, -0.2) is 21.9 Å². The van der Waals surface area contributed by atoms with Gasteiger partial charge >= 0.3 is 0 Å². The van der Waals surface area contributed by atoms with Gasteiger partial charge in [-0.1, -0.05) is 29.8 Å². The second-order valence-electron chi connectivity index (χ2n) is 6.28. The fraction of sp³-hybridized carbons (Fsp3) is 0.143. The third kappa shape index (κ3) is 5.22. The van der Waals surface area contributed by atoms with Crippen molar-refractivity contribution >= 4 is 29.0 Å². The van der Waals surface area contributed by atoms with E-state index in [1.54, 1.807) is 36.4 Å². The van der Waals surface area contributed by atoms with Crippen LogP contribution < -0.4 is 10.6 Å². The summed E-state index contributed by atoms with van der Waals surface area (Å²) in [6.45, 7) is 3.52. The Labute approximate surface area is 157 Å². The number of aryl methyl sites for hydroxylation is 1. The predicted octanol–water partition coefficient (Wildman–Crippen LogP) is 3.91. The lowest BCUT2D eigenvalue weighted by Crippen LogP contribution is -2.15. The molecule has 2 aromatic carbocycles. The number of nitrogens with one attached hydrogen (secondary N) is 2. The maximum Gasteiger partial charge on any atom is 0.229 e. The molecule has 3 aromatic rings. The van der Waals surface area contributed by atoms with Crippen molar-refractivity contribution in [3.05, 3.63) is 77.4 Å². The molecule has 6 heteroatoms. The number of hydrogen-bond donors (Lipinski definition) is 2. The molecular formula is C21H20N4O2. The molecule has 0 aliphatic heterocycles. The second kappa shape index (κ2) is 8.23. The number of rotatable bonds is 6. The Balaban J connectivity index is 1.58. The standard InChI is InChI=1S/C21H20N4O2/c1-14-4-3-5-16(12-14)13-21(27)23-20-11-10-19(24-25-20)22-18-8-6-17(7-9-18)15(2)26/h3-12H,13H2,1-2H3,(H,22,24)(H,23,25,27). The number of Topliss-reactive ketones (excluding diaryl/α,β-unsaturated/α-hetero) is 1. The lowest BCUT2D eigenvalue weighted by molar-refractivity contribution is -0.115. The van der Waals surface area contributed by atoms with Gasteiger partial charge in [0, 0.05) is 11.3 Å². The van der Waals surface area contributed by atoms with Crippen LogP contribution in [0.1, 0.15) is 28.4 Å². The lowest BCUT2D eigenvalue weighted by Gasteiger charge is -2.07. The first-order chi connectivity index (χ1) is 13.0. The van der Waals surface area contributed by atoms with Gasteiger partial charge in [-0.25, -0.2) is 0 Å². The maximum atomic E-state index is 12.1. The van der Waals surface area contributed by atoms with Gasteiger partial charge in [-0.2, -0.15) is 0 Å². The van der Waals surface area contributed by atoms with E-state index in [-0.39, 0.29) is 18.1 Å². The van der Waals surface area contributed by atoms with Crippen LogP contribution in [0.25, 0.3) is 0 Å². The van der Waals surface area contributed by atoms with Crippen LogP contribution in [0.4, 0.5) is 17.3 Å². The molecule has 0 fully saturated rings. The van der Waals surface area contributed by atoms with E-state index in [9.17, 15) is 9.59 Å². The number of carbonyl (C=O) groups excluding carboxylic acids is 2. The molecule has 6 nitrogen and oxygen atoms in total. The molecule has 0 radical (unpaired) electrons. The summed E-state index contributed by atoms with van der Waals surface area (Å²) < 4.78 is 0. The average molecular weight is 360 g/mol. The normalized spacial score (nSPS) is 10.3. The highest BCUT2D eigenvalue weighted by Crippen LogP contribution is 2.16. The maximum absolute atomic E-state index is 12.1. The summed E-state index contributed by atoms with van der Waals surface area (Å²) in [7, 11) is 0. The van der Waals surface area contributed by atoms with Crippen LogP contribution in [-0.2, 0) is 11.2 Å². The van der Waals surface area contributed by atoms with Crippen LogP contribution in [0, 0.1) is 6.92 Å². The molecule has 0 saturated heterocycles. The number of ketones is 1. The lowest BCUT2D eigenvalue weighted by atomic mass is 10.1. The van der Waals surface area contributed by atoms with Crippen LogP contribution >= 0.6 is 0 Å². The molecule has 0 unspecified atom stereocenters. The molecule has 27 heavy (non-hydrogen) atoms. The van der Waals surface area contributed by atoms with E-state index in [0.717, 1.165) is 16.8 Å². The molecule has 1 amide bonds. The third-order valence-electron chi connectivity index (χ3n) is 3.94. The number of carbonyl (C=O) groups is 2. The molecule has 0 atom stereocenters. The monoisotopic (exact) mass is 360 g/mol. The number of nitrogens with zero attached hydrogens (tertiary/aromatic N) is 2. The smallest absolute Gasteiger partial charge is 0.229 e. The molecule has 0 spiro atoms. The van der Waals surface area contributed by atoms with E-state index in [1.807, 2.05) is 31.2 Å². The molecule has 0 saturated carbocycles. The molecule has 0 aliphatic carbocycles. The van der Waals surface area contributed by atoms with Crippen molar-refractivity contribution in [2.45, 2.75) is 20.3 Å². The SMILES string of the molecule is CC(=O)c1ccc(Nc2ccc(NC(=O)Cc3cccc(C)c3)nn2)cc1. The summed E-state index contributed by atoms with van der Waals surface area (Å²) in [4.78, 5) is 23.4. The minimum Gasteiger partial charge on any atom is -0.339 e. The van der Waals surface area contributed by atoms with Crippen LogP contribution in [0.3, 0.4) is 0 Å². The second-order valence-corrected chi connectivity index (χ2v) is 6.28. The van der Waals surface area contributed by atoms with Gasteiger partial charge < -0.3 is 10.6 Å². The molecular weight excluding hydrogens is 340 g/mol. The van der Waals surface area contributed by atoms with Gasteiger partial charge in [0.2, 0.25) is 5.91 Å². The molecule has 0 bridgehead atoms. The molecule has 1 aromatic heterocycles. The molecule has 2 N–H and O–H groups in total. The molecule has 1 heterocycles. The van der Waals surface area contributed by atoms with Crippen molar-refractivity contribution in [1.82, 2.24) is 10.2 Å². The Morgan fingerprint density at radius 1 is 0.926 bits per heavy atom.